The molecule has 0 saturated carbocycles. The van der Waals surface area contributed by atoms with Crippen LogP contribution in [0.1, 0.15) is 40.2 Å². The van der Waals surface area contributed by atoms with E-state index in [1.807, 2.05) is 68.4 Å². The van der Waals surface area contributed by atoms with Gasteiger partial charge in [-0.15, -0.1) is 0 Å². The van der Waals surface area contributed by atoms with Crippen LogP contribution in [0.15, 0.2) is 54.6 Å². The Kier molecular flexibility index (Phi) is 7.65. The predicted molar refractivity (Wildman–Crippen MR) is 114 cm³/mol. The zero-order valence-electron chi connectivity index (χ0n) is 17.8. The first-order valence-corrected chi connectivity index (χ1v) is 9.89. The molecule has 1 fully saturated rings. The Morgan fingerprint density at radius 3 is 2.24 bits per heavy atom. The Morgan fingerprint density at radius 1 is 1.07 bits per heavy atom. The number of alkyl carbamates (subject to hydrolysis) is 1. The van der Waals surface area contributed by atoms with Gasteiger partial charge in [-0.1, -0.05) is 44.2 Å². The van der Waals surface area contributed by atoms with Crippen molar-refractivity contribution >= 4 is 17.7 Å². The van der Waals surface area contributed by atoms with Gasteiger partial charge in [0.05, 0.1) is 6.54 Å². The average Bonchev–Trinajstić information content (AvgIpc) is 2.70. The summed E-state index contributed by atoms with van der Waals surface area (Å²) in [6, 6.07) is 16.7. The Labute approximate surface area is 172 Å². The third-order valence-corrected chi connectivity index (χ3v) is 4.02. The lowest BCUT2D eigenvalue weighted by molar-refractivity contribution is -0.124. The van der Waals surface area contributed by atoms with Gasteiger partial charge in [0.2, 0.25) is 0 Å². The van der Waals surface area contributed by atoms with Crippen LogP contribution in [0.5, 0.6) is 5.75 Å². The predicted octanol–water partition coefficient (Wildman–Crippen LogP) is 4.53. The number of nitrogens with one attached hydrogen (secondary N) is 1. The molecule has 1 N–H and O–H groups in total. The molecule has 2 amide bonds. The highest BCUT2D eigenvalue weighted by Gasteiger charge is 2.39. The number of amides is 2. The smallest absolute Gasteiger partial charge is 0.408 e. The van der Waals surface area contributed by atoms with Gasteiger partial charge in [-0.05, 0) is 50.6 Å². The number of rotatable bonds is 5. The van der Waals surface area contributed by atoms with Crippen molar-refractivity contribution in [3.63, 3.8) is 0 Å². The highest BCUT2D eigenvalue weighted by atomic mass is 16.6. The molecule has 1 atom stereocenters. The molecule has 2 aromatic carbocycles. The van der Waals surface area contributed by atoms with Crippen LogP contribution < -0.4 is 15.0 Å². The summed E-state index contributed by atoms with van der Waals surface area (Å²) in [5, 5.41) is 2.60. The molecule has 6 nitrogen and oxygen atoms in total. The average molecular weight is 399 g/mol. The molecule has 6 heteroatoms. The highest BCUT2D eigenvalue weighted by molar-refractivity contribution is 6.05. The first-order valence-electron chi connectivity index (χ1n) is 9.89. The van der Waals surface area contributed by atoms with Crippen LogP contribution in [0.4, 0.5) is 10.5 Å². The zero-order valence-corrected chi connectivity index (χ0v) is 17.8. The Hall–Kier alpha value is -3.02. The van der Waals surface area contributed by atoms with E-state index in [0.717, 1.165) is 17.0 Å². The lowest BCUT2D eigenvalue weighted by atomic mass is 10.1. The topological polar surface area (TPSA) is 67.9 Å². The molecule has 1 unspecified atom stereocenters. The maximum Gasteiger partial charge on any atom is 0.408 e. The molecule has 0 bridgehead atoms. The van der Waals surface area contributed by atoms with Crippen molar-refractivity contribution in [2.45, 2.75) is 52.9 Å². The van der Waals surface area contributed by atoms with E-state index in [1.165, 1.54) is 0 Å². The SMILES string of the molecule is CC.CC(C)(C)OC(=O)NC1CN(c2ccc(OCc3ccccc3)cc2)C1=O. The molecule has 1 aliphatic rings. The second kappa shape index (κ2) is 9.96. The van der Waals surface area contributed by atoms with E-state index in [9.17, 15) is 9.59 Å². The van der Waals surface area contributed by atoms with Gasteiger partial charge >= 0.3 is 6.09 Å². The lowest BCUT2D eigenvalue weighted by Gasteiger charge is -2.38. The second-order valence-electron chi connectivity index (χ2n) is 7.42. The summed E-state index contributed by atoms with van der Waals surface area (Å²) in [7, 11) is 0. The third-order valence-electron chi connectivity index (χ3n) is 4.02. The Balaban J connectivity index is 0.00000145. The molecule has 1 saturated heterocycles. The molecule has 156 valence electrons. The van der Waals surface area contributed by atoms with Gasteiger partial charge < -0.3 is 19.7 Å². The van der Waals surface area contributed by atoms with Crippen LogP contribution in [0, 0.1) is 0 Å². The van der Waals surface area contributed by atoms with Crippen LogP contribution >= 0.6 is 0 Å². The molecule has 29 heavy (non-hydrogen) atoms. The first-order chi connectivity index (χ1) is 13.8. The number of ether oxygens (including phenoxy) is 2. The van der Waals surface area contributed by atoms with Crippen molar-refractivity contribution in [1.29, 1.82) is 0 Å². The quantitative estimate of drug-likeness (QED) is 0.752. The van der Waals surface area contributed by atoms with Gasteiger partial charge in [-0.2, -0.15) is 0 Å². The molecule has 2 aromatic rings. The summed E-state index contributed by atoms with van der Waals surface area (Å²) in [6.45, 7) is 10.3. The van der Waals surface area contributed by atoms with E-state index in [-0.39, 0.29) is 5.91 Å². The normalized spacial score (nSPS) is 15.6. The van der Waals surface area contributed by atoms with E-state index in [0.29, 0.717) is 13.2 Å². The van der Waals surface area contributed by atoms with Crippen molar-refractivity contribution in [2.24, 2.45) is 0 Å². The monoisotopic (exact) mass is 398 g/mol. The second-order valence-corrected chi connectivity index (χ2v) is 7.42. The highest BCUT2D eigenvalue weighted by Crippen LogP contribution is 2.25. The van der Waals surface area contributed by atoms with Gasteiger partial charge in [0, 0.05) is 5.69 Å². The van der Waals surface area contributed by atoms with Crippen LogP contribution in [-0.2, 0) is 16.1 Å². The van der Waals surface area contributed by atoms with E-state index >= 15 is 0 Å². The molecule has 0 radical (unpaired) electrons. The number of β-lactam (4-membered cyclic amide) rings is 1. The molecule has 0 aliphatic carbocycles. The van der Waals surface area contributed by atoms with Gasteiger partial charge in [-0.25, -0.2) is 4.79 Å². The van der Waals surface area contributed by atoms with Crippen LogP contribution in [0.25, 0.3) is 0 Å². The standard InChI is InChI=1S/C21H24N2O4.C2H6/c1-21(2,3)27-20(25)22-18-13-23(19(18)24)16-9-11-17(12-10-16)26-14-15-7-5-4-6-8-15;1-2/h4-12,18H,13-14H2,1-3H3,(H,22,25);1-2H3. The largest absolute Gasteiger partial charge is 0.489 e. The van der Waals surface area contributed by atoms with E-state index < -0.39 is 17.7 Å². The van der Waals surface area contributed by atoms with Crippen LogP contribution in [-0.4, -0.2) is 30.2 Å². The number of benzene rings is 2. The minimum Gasteiger partial charge on any atom is -0.489 e. The van der Waals surface area contributed by atoms with Crippen molar-refractivity contribution < 1.29 is 19.1 Å². The molecule has 3 rings (SSSR count). The number of carbonyl (C=O) groups is 2. The van der Waals surface area contributed by atoms with Gasteiger partial charge in [0.1, 0.15) is 24.0 Å². The number of hydrogen-bond acceptors (Lipinski definition) is 4. The van der Waals surface area contributed by atoms with Gasteiger partial charge in [0.25, 0.3) is 5.91 Å². The number of hydrogen-bond donors (Lipinski definition) is 1. The van der Waals surface area contributed by atoms with Crippen molar-refractivity contribution in [1.82, 2.24) is 5.32 Å². The first kappa shape index (κ1) is 22.3. The van der Waals surface area contributed by atoms with Crippen molar-refractivity contribution in [3.8, 4) is 5.75 Å². The van der Waals surface area contributed by atoms with Gasteiger partial charge in [0.15, 0.2) is 0 Å². The maximum atomic E-state index is 12.3. The maximum absolute atomic E-state index is 12.3. The summed E-state index contributed by atoms with van der Waals surface area (Å²) in [4.78, 5) is 25.7. The summed E-state index contributed by atoms with van der Waals surface area (Å²) in [5.41, 5.74) is 1.27. The molecule has 1 aliphatic heterocycles. The zero-order chi connectivity index (χ0) is 21.4. The fraction of sp³-hybridized carbons (Fsp3) is 0.391. The molecule has 1 heterocycles. The fourth-order valence-electron chi connectivity index (χ4n) is 2.68. The van der Waals surface area contributed by atoms with E-state index in [4.69, 9.17) is 9.47 Å². The summed E-state index contributed by atoms with van der Waals surface area (Å²) >= 11 is 0. The minimum absolute atomic E-state index is 0.154. The summed E-state index contributed by atoms with van der Waals surface area (Å²) < 4.78 is 10.9. The Bertz CT molecular complexity index is 798. The molecular formula is C23H30N2O4. The third kappa shape index (κ3) is 6.52. The van der Waals surface area contributed by atoms with E-state index in [2.05, 4.69) is 5.32 Å². The summed E-state index contributed by atoms with van der Waals surface area (Å²) in [5.74, 6) is 0.581. The van der Waals surface area contributed by atoms with Crippen molar-refractivity contribution in [2.75, 3.05) is 11.4 Å². The molecule has 0 spiro atoms. The van der Waals surface area contributed by atoms with E-state index in [1.54, 1.807) is 25.7 Å². The Morgan fingerprint density at radius 2 is 1.69 bits per heavy atom. The van der Waals surface area contributed by atoms with Crippen LogP contribution in [0.3, 0.4) is 0 Å². The summed E-state index contributed by atoms with van der Waals surface area (Å²) in [6.07, 6.45) is -0.579. The lowest BCUT2D eigenvalue weighted by Crippen LogP contribution is -2.64. The van der Waals surface area contributed by atoms with Gasteiger partial charge in [-0.3, -0.25) is 4.79 Å². The molecular weight excluding hydrogens is 368 g/mol. The van der Waals surface area contributed by atoms with Crippen LogP contribution in [0.2, 0.25) is 0 Å². The minimum atomic E-state index is -0.591. The number of anilines is 1. The molecule has 0 aromatic heterocycles. The fourth-order valence-corrected chi connectivity index (χ4v) is 2.68. The number of carbonyl (C=O) groups excluding carboxylic acids is 2. The van der Waals surface area contributed by atoms with Crippen molar-refractivity contribution in [3.05, 3.63) is 60.2 Å². The number of nitrogens with zero attached hydrogens (tertiary/aromatic N) is 1.